The average Bonchev–Trinajstić information content (AvgIpc) is 3.63. The molecule has 0 aromatic carbocycles. The molecular formula is C24H33N5O2. The van der Waals surface area contributed by atoms with Crippen LogP contribution in [0.3, 0.4) is 0 Å². The number of ether oxygens (including phenoxy) is 1. The number of anilines is 1. The second-order valence-electron chi connectivity index (χ2n) is 10.5. The van der Waals surface area contributed by atoms with Gasteiger partial charge in [0.05, 0.1) is 17.8 Å². The molecule has 0 bridgehead atoms. The summed E-state index contributed by atoms with van der Waals surface area (Å²) < 4.78 is 5.61. The number of carbonyl (C=O) groups excluding carboxylic acids is 1. The first-order chi connectivity index (χ1) is 14.8. The molecule has 7 nitrogen and oxygen atoms in total. The van der Waals surface area contributed by atoms with Crippen molar-refractivity contribution < 1.29 is 9.53 Å². The van der Waals surface area contributed by atoms with Crippen LogP contribution < -0.4 is 10.2 Å². The maximum Gasteiger partial charge on any atom is 0.410 e. The lowest BCUT2D eigenvalue weighted by Gasteiger charge is -2.37. The highest BCUT2D eigenvalue weighted by atomic mass is 16.6. The van der Waals surface area contributed by atoms with E-state index in [0.717, 1.165) is 66.6 Å². The minimum atomic E-state index is -0.517. The molecule has 1 N–H and O–H groups in total. The van der Waals surface area contributed by atoms with Crippen molar-refractivity contribution in [1.82, 2.24) is 15.2 Å². The summed E-state index contributed by atoms with van der Waals surface area (Å²) in [6, 6.07) is 3.00. The molecule has 7 heteroatoms. The summed E-state index contributed by atoms with van der Waals surface area (Å²) in [4.78, 5) is 21.9. The normalized spacial score (nSPS) is 23.9. The Hall–Kier alpha value is -2.33. The molecule has 3 fully saturated rings. The van der Waals surface area contributed by atoms with Gasteiger partial charge in [-0.3, -0.25) is 0 Å². The SMILES string of the molecule is CC(C)(C)OC(=O)N1CCc2c(C#N)c(N3CCNC(C4CC4)C3)nc(C3CC3)c2C1. The molecule has 31 heavy (non-hydrogen) atoms. The quantitative estimate of drug-likeness (QED) is 0.803. The van der Waals surface area contributed by atoms with Gasteiger partial charge in [-0.05, 0) is 69.9 Å². The Morgan fingerprint density at radius 3 is 2.61 bits per heavy atom. The fourth-order valence-corrected chi connectivity index (χ4v) is 4.95. The third kappa shape index (κ3) is 4.23. The zero-order valence-electron chi connectivity index (χ0n) is 18.9. The van der Waals surface area contributed by atoms with Crippen LogP contribution in [0.25, 0.3) is 0 Å². The Balaban J connectivity index is 1.47. The number of nitriles is 1. The number of nitrogens with one attached hydrogen (secondary N) is 1. The number of aromatic nitrogens is 1. The van der Waals surface area contributed by atoms with Crippen LogP contribution in [0.4, 0.5) is 10.6 Å². The van der Waals surface area contributed by atoms with Crippen LogP contribution in [0, 0.1) is 17.2 Å². The molecule has 2 aliphatic heterocycles. The maximum absolute atomic E-state index is 12.7. The van der Waals surface area contributed by atoms with Crippen LogP contribution >= 0.6 is 0 Å². The molecule has 1 saturated heterocycles. The maximum atomic E-state index is 12.7. The molecule has 1 unspecified atom stereocenters. The third-order valence-corrected chi connectivity index (χ3v) is 6.83. The van der Waals surface area contributed by atoms with Crippen molar-refractivity contribution in [1.29, 1.82) is 5.26 Å². The van der Waals surface area contributed by atoms with Crippen LogP contribution in [-0.4, -0.2) is 53.8 Å². The Bertz CT molecular complexity index is 923. The Kier molecular flexibility index (Phi) is 5.09. The van der Waals surface area contributed by atoms with E-state index in [0.29, 0.717) is 31.5 Å². The molecular weight excluding hydrogens is 390 g/mol. The van der Waals surface area contributed by atoms with Gasteiger partial charge in [0, 0.05) is 38.1 Å². The number of piperazine rings is 1. The van der Waals surface area contributed by atoms with Gasteiger partial charge in [0.1, 0.15) is 17.5 Å². The van der Waals surface area contributed by atoms with Gasteiger partial charge in [0.15, 0.2) is 0 Å². The lowest BCUT2D eigenvalue weighted by atomic mass is 9.92. The Morgan fingerprint density at radius 1 is 1.19 bits per heavy atom. The molecule has 3 heterocycles. The van der Waals surface area contributed by atoms with E-state index in [1.807, 2.05) is 20.8 Å². The van der Waals surface area contributed by atoms with E-state index in [1.165, 1.54) is 12.8 Å². The van der Waals surface area contributed by atoms with Gasteiger partial charge in [0.2, 0.25) is 0 Å². The third-order valence-electron chi connectivity index (χ3n) is 6.83. The van der Waals surface area contributed by atoms with E-state index < -0.39 is 5.60 Å². The molecule has 1 atom stereocenters. The summed E-state index contributed by atoms with van der Waals surface area (Å²) in [6.07, 6.45) is 5.30. The summed E-state index contributed by atoms with van der Waals surface area (Å²) in [7, 11) is 0. The molecule has 166 valence electrons. The first-order valence-corrected chi connectivity index (χ1v) is 11.8. The van der Waals surface area contributed by atoms with E-state index >= 15 is 0 Å². The average molecular weight is 424 g/mol. The van der Waals surface area contributed by atoms with Crippen molar-refractivity contribution in [2.24, 2.45) is 5.92 Å². The van der Waals surface area contributed by atoms with Crippen molar-refractivity contribution in [3.8, 4) is 6.07 Å². The fourth-order valence-electron chi connectivity index (χ4n) is 4.95. The molecule has 2 aliphatic carbocycles. The van der Waals surface area contributed by atoms with Gasteiger partial charge in [-0.25, -0.2) is 9.78 Å². The number of carbonyl (C=O) groups is 1. The first-order valence-electron chi connectivity index (χ1n) is 11.8. The zero-order valence-corrected chi connectivity index (χ0v) is 18.9. The first kappa shape index (κ1) is 20.6. The van der Waals surface area contributed by atoms with E-state index in [1.54, 1.807) is 4.90 Å². The van der Waals surface area contributed by atoms with Crippen molar-refractivity contribution in [2.45, 2.75) is 77.0 Å². The van der Waals surface area contributed by atoms with Crippen molar-refractivity contribution in [2.75, 3.05) is 31.1 Å². The van der Waals surface area contributed by atoms with E-state index in [2.05, 4.69) is 16.3 Å². The second-order valence-corrected chi connectivity index (χ2v) is 10.5. The summed E-state index contributed by atoms with van der Waals surface area (Å²) in [5, 5.41) is 13.8. The van der Waals surface area contributed by atoms with Crippen molar-refractivity contribution in [3.63, 3.8) is 0 Å². The number of nitrogens with zero attached hydrogens (tertiary/aromatic N) is 4. The van der Waals surface area contributed by atoms with Crippen LogP contribution in [0.15, 0.2) is 0 Å². The molecule has 0 radical (unpaired) electrons. The highest BCUT2D eigenvalue weighted by Crippen LogP contribution is 2.45. The van der Waals surface area contributed by atoms with Gasteiger partial charge in [-0.15, -0.1) is 0 Å². The molecule has 1 aromatic rings. The van der Waals surface area contributed by atoms with Crippen LogP contribution in [0.1, 0.15) is 74.8 Å². The summed E-state index contributed by atoms with van der Waals surface area (Å²) in [5.74, 6) is 2.11. The van der Waals surface area contributed by atoms with Crippen LogP contribution in [0.5, 0.6) is 0 Å². The largest absolute Gasteiger partial charge is 0.444 e. The molecule has 4 aliphatic rings. The van der Waals surface area contributed by atoms with Gasteiger partial charge < -0.3 is 19.9 Å². The Morgan fingerprint density at radius 2 is 1.97 bits per heavy atom. The summed E-state index contributed by atoms with van der Waals surface area (Å²) in [5.41, 5.74) is 3.51. The van der Waals surface area contributed by atoms with Crippen LogP contribution in [-0.2, 0) is 17.7 Å². The lowest BCUT2D eigenvalue weighted by molar-refractivity contribution is 0.0223. The fraction of sp³-hybridized carbons (Fsp3) is 0.708. The van der Waals surface area contributed by atoms with Crippen molar-refractivity contribution in [3.05, 3.63) is 22.4 Å². The monoisotopic (exact) mass is 423 g/mol. The number of amides is 1. The van der Waals surface area contributed by atoms with Crippen molar-refractivity contribution >= 4 is 11.9 Å². The number of fused-ring (bicyclic) bond motifs is 1. The Labute approximate surface area is 184 Å². The number of hydrogen-bond acceptors (Lipinski definition) is 6. The van der Waals surface area contributed by atoms with E-state index in [4.69, 9.17) is 9.72 Å². The minimum absolute atomic E-state index is 0.281. The van der Waals surface area contributed by atoms with Gasteiger partial charge in [0.25, 0.3) is 0 Å². The topological polar surface area (TPSA) is 81.5 Å². The summed E-state index contributed by atoms with van der Waals surface area (Å²) >= 11 is 0. The number of rotatable bonds is 3. The lowest BCUT2D eigenvalue weighted by Crippen LogP contribution is -2.52. The molecule has 2 saturated carbocycles. The smallest absolute Gasteiger partial charge is 0.410 e. The molecule has 1 aromatic heterocycles. The number of pyridine rings is 1. The summed E-state index contributed by atoms with van der Waals surface area (Å²) in [6.45, 7) is 9.50. The van der Waals surface area contributed by atoms with Gasteiger partial charge in [-0.1, -0.05) is 0 Å². The standard InChI is InChI=1S/C24H33N5O2/c1-24(2,3)31-23(30)29-10-8-17-18(12-25)22(27-21(16-6-7-16)19(17)13-29)28-11-9-26-20(14-28)15-4-5-15/h15-16,20,26H,4-11,13-14H2,1-3H3. The molecule has 5 rings (SSSR count). The molecule has 0 spiro atoms. The highest BCUT2D eigenvalue weighted by molar-refractivity contribution is 5.70. The number of hydrogen-bond donors (Lipinski definition) is 1. The second kappa shape index (κ2) is 7.67. The van der Waals surface area contributed by atoms with E-state index in [9.17, 15) is 10.1 Å². The van der Waals surface area contributed by atoms with Crippen LogP contribution in [0.2, 0.25) is 0 Å². The molecule has 1 amide bonds. The predicted molar refractivity (Wildman–Crippen MR) is 118 cm³/mol. The van der Waals surface area contributed by atoms with E-state index in [-0.39, 0.29) is 6.09 Å². The minimum Gasteiger partial charge on any atom is -0.444 e. The zero-order chi connectivity index (χ0) is 21.8. The van der Waals surface area contributed by atoms with Gasteiger partial charge in [-0.2, -0.15) is 5.26 Å². The van der Waals surface area contributed by atoms with Gasteiger partial charge >= 0.3 is 6.09 Å². The highest BCUT2D eigenvalue weighted by Gasteiger charge is 2.38. The predicted octanol–water partition coefficient (Wildman–Crippen LogP) is 3.31.